The lowest BCUT2D eigenvalue weighted by molar-refractivity contribution is -0.128. The third kappa shape index (κ3) is 4.59. The number of hydrogen-bond acceptors (Lipinski definition) is 6. The van der Waals surface area contributed by atoms with E-state index < -0.39 is 0 Å². The standard InChI is InChI=1S/C24H24N4O2S/c1-15(2)23-26-27-24(31-23)17-7-9-19(10-8-17)30-21-6-4-5-18(12-25)20(21)14-28-13-16(3)11-22(28)29/h4-10,15-16H,11,13-14H2,1-3H3. The Hall–Kier alpha value is -3.24. The van der Waals surface area contributed by atoms with Crippen molar-refractivity contribution in [3.8, 4) is 28.1 Å². The Morgan fingerprint density at radius 3 is 2.61 bits per heavy atom. The Kier molecular flexibility index (Phi) is 6.01. The van der Waals surface area contributed by atoms with Crippen molar-refractivity contribution in [3.63, 3.8) is 0 Å². The summed E-state index contributed by atoms with van der Waals surface area (Å²) in [5, 5.41) is 20.0. The van der Waals surface area contributed by atoms with Gasteiger partial charge in [-0.25, -0.2) is 0 Å². The normalized spacial score (nSPS) is 16.0. The molecular weight excluding hydrogens is 408 g/mol. The van der Waals surface area contributed by atoms with Crippen molar-refractivity contribution < 1.29 is 9.53 Å². The third-order valence-corrected chi connectivity index (χ3v) is 6.55. The fourth-order valence-electron chi connectivity index (χ4n) is 3.62. The van der Waals surface area contributed by atoms with Crippen LogP contribution in [0.15, 0.2) is 42.5 Å². The summed E-state index contributed by atoms with van der Waals surface area (Å²) in [5.41, 5.74) is 2.25. The predicted molar refractivity (Wildman–Crippen MR) is 120 cm³/mol. The van der Waals surface area contributed by atoms with Crippen molar-refractivity contribution in [2.75, 3.05) is 6.54 Å². The molecule has 0 radical (unpaired) electrons. The maximum absolute atomic E-state index is 12.3. The minimum Gasteiger partial charge on any atom is -0.457 e. The fourth-order valence-corrected chi connectivity index (χ4v) is 4.47. The Bertz CT molecular complexity index is 1130. The van der Waals surface area contributed by atoms with E-state index in [4.69, 9.17) is 4.74 Å². The lowest BCUT2D eigenvalue weighted by atomic mass is 10.1. The van der Waals surface area contributed by atoms with Crippen LogP contribution in [-0.2, 0) is 11.3 Å². The summed E-state index contributed by atoms with van der Waals surface area (Å²) in [6.45, 7) is 7.35. The van der Waals surface area contributed by atoms with Crippen molar-refractivity contribution in [1.82, 2.24) is 15.1 Å². The van der Waals surface area contributed by atoms with E-state index in [9.17, 15) is 10.1 Å². The number of aromatic nitrogens is 2. The third-order valence-electron chi connectivity index (χ3n) is 5.27. The molecule has 1 atom stereocenters. The molecule has 2 aromatic carbocycles. The van der Waals surface area contributed by atoms with E-state index in [2.05, 4.69) is 37.0 Å². The molecule has 158 valence electrons. The molecule has 4 rings (SSSR count). The van der Waals surface area contributed by atoms with Crippen molar-refractivity contribution in [2.24, 2.45) is 5.92 Å². The molecule has 7 heteroatoms. The molecule has 0 saturated carbocycles. The highest BCUT2D eigenvalue weighted by Gasteiger charge is 2.28. The number of rotatable bonds is 6. The molecule has 1 aliphatic rings. The second-order valence-electron chi connectivity index (χ2n) is 8.20. The minimum absolute atomic E-state index is 0.119. The molecule has 0 spiro atoms. The second-order valence-corrected chi connectivity index (χ2v) is 9.21. The van der Waals surface area contributed by atoms with Gasteiger partial charge in [-0.15, -0.1) is 10.2 Å². The first-order valence-corrected chi connectivity index (χ1v) is 11.2. The summed E-state index contributed by atoms with van der Waals surface area (Å²) in [5.74, 6) is 2.06. The van der Waals surface area contributed by atoms with Crippen molar-refractivity contribution in [3.05, 3.63) is 58.6 Å². The number of benzene rings is 2. The molecule has 6 nitrogen and oxygen atoms in total. The van der Waals surface area contributed by atoms with Crippen LogP contribution >= 0.6 is 11.3 Å². The Labute approximate surface area is 186 Å². The summed E-state index contributed by atoms with van der Waals surface area (Å²) in [6.07, 6.45) is 0.552. The highest BCUT2D eigenvalue weighted by molar-refractivity contribution is 7.14. The molecule has 1 saturated heterocycles. The molecule has 0 bridgehead atoms. The first-order chi connectivity index (χ1) is 14.9. The monoisotopic (exact) mass is 432 g/mol. The van der Waals surface area contributed by atoms with Gasteiger partial charge < -0.3 is 9.64 Å². The lowest BCUT2D eigenvalue weighted by Gasteiger charge is -2.19. The largest absolute Gasteiger partial charge is 0.457 e. The van der Waals surface area contributed by atoms with E-state index in [-0.39, 0.29) is 5.91 Å². The van der Waals surface area contributed by atoms with E-state index >= 15 is 0 Å². The number of nitriles is 1. The highest BCUT2D eigenvalue weighted by atomic mass is 32.1. The van der Waals surface area contributed by atoms with Crippen molar-refractivity contribution in [1.29, 1.82) is 5.26 Å². The van der Waals surface area contributed by atoms with Gasteiger partial charge in [0.2, 0.25) is 5.91 Å². The quantitative estimate of drug-likeness (QED) is 0.524. The van der Waals surface area contributed by atoms with Crippen LogP contribution in [0.2, 0.25) is 0 Å². The number of nitrogens with zero attached hydrogens (tertiary/aromatic N) is 4. The second kappa shape index (κ2) is 8.86. The van der Waals surface area contributed by atoms with Crippen molar-refractivity contribution >= 4 is 17.2 Å². The molecule has 1 aliphatic heterocycles. The van der Waals surface area contributed by atoms with Crippen LogP contribution in [0.1, 0.15) is 49.2 Å². The summed E-state index contributed by atoms with van der Waals surface area (Å²) in [6, 6.07) is 15.3. The van der Waals surface area contributed by atoms with Crippen LogP contribution < -0.4 is 4.74 Å². The molecule has 2 heterocycles. The summed E-state index contributed by atoms with van der Waals surface area (Å²) in [4.78, 5) is 14.1. The smallest absolute Gasteiger partial charge is 0.223 e. The molecule has 0 N–H and O–H groups in total. The zero-order valence-electron chi connectivity index (χ0n) is 17.8. The number of likely N-dealkylation sites (tertiary alicyclic amines) is 1. The molecule has 3 aromatic rings. The van der Waals surface area contributed by atoms with Crippen LogP contribution in [0, 0.1) is 17.2 Å². The van der Waals surface area contributed by atoms with Gasteiger partial charge in [-0.2, -0.15) is 5.26 Å². The van der Waals surface area contributed by atoms with Crippen LogP contribution in [0.3, 0.4) is 0 Å². The van der Waals surface area contributed by atoms with Gasteiger partial charge in [0.05, 0.1) is 18.2 Å². The maximum Gasteiger partial charge on any atom is 0.223 e. The molecule has 1 aromatic heterocycles. The zero-order chi connectivity index (χ0) is 22.0. The van der Waals surface area contributed by atoms with Gasteiger partial charge in [-0.3, -0.25) is 4.79 Å². The maximum atomic E-state index is 12.3. The highest BCUT2D eigenvalue weighted by Crippen LogP contribution is 2.33. The van der Waals surface area contributed by atoms with Gasteiger partial charge in [0.15, 0.2) is 0 Å². The van der Waals surface area contributed by atoms with E-state index in [1.807, 2.05) is 30.3 Å². The zero-order valence-corrected chi connectivity index (χ0v) is 18.6. The predicted octanol–water partition coefficient (Wildman–Crippen LogP) is 5.36. The van der Waals surface area contributed by atoms with E-state index in [0.717, 1.165) is 21.1 Å². The van der Waals surface area contributed by atoms with E-state index in [1.165, 1.54) is 0 Å². The molecule has 31 heavy (non-hydrogen) atoms. The van der Waals surface area contributed by atoms with Crippen LogP contribution in [0.5, 0.6) is 11.5 Å². The SMILES string of the molecule is CC1CC(=O)N(Cc2c(C#N)cccc2Oc2ccc(-c3nnc(C(C)C)s3)cc2)C1. The number of carbonyl (C=O) groups excluding carboxylic acids is 1. The van der Waals surface area contributed by atoms with Gasteiger partial charge in [-0.05, 0) is 42.3 Å². The molecule has 1 unspecified atom stereocenters. The Morgan fingerprint density at radius 1 is 1.23 bits per heavy atom. The van der Waals surface area contributed by atoms with Gasteiger partial charge in [-0.1, -0.05) is 38.2 Å². The van der Waals surface area contributed by atoms with Crippen LogP contribution in [-0.4, -0.2) is 27.5 Å². The first kappa shape index (κ1) is 21.0. The average molecular weight is 433 g/mol. The van der Waals surface area contributed by atoms with E-state index in [0.29, 0.717) is 48.4 Å². The Morgan fingerprint density at radius 2 is 2.00 bits per heavy atom. The molecular formula is C24H24N4O2S. The van der Waals surface area contributed by atoms with Gasteiger partial charge >= 0.3 is 0 Å². The number of ether oxygens (including phenoxy) is 1. The molecule has 0 aliphatic carbocycles. The number of hydrogen-bond donors (Lipinski definition) is 0. The number of amides is 1. The van der Waals surface area contributed by atoms with Gasteiger partial charge in [0.1, 0.15) is 21.5 Å². The minimum atomic E-state index is 0.119. The topological polar surface area (TPSA) is 79.1 Å². The van der Waals surface area contributed by atoms with Crippen LogP contribution in [0.4, 0.5) is 0 Å². The molecule has 1 amide bonds. The van der Waals surface area contributed by atoms with Gasteiger partial charge in [0, 0.05) is 30.0 Å². The van der Waals surface area contributed by atoms with Gasteiger partial charge in [0.25, 0.3) is 0 Å². The average Bonchev–Trinajstić information content (AvgIpc) is 3.36. The van der Waals surface area contributed by atoms with Crippen molar-refractivity contribution in [2.45, 2.75) is 39.7 Å². The lowest BCUT2D eigenvalue weighted by Crippen LogP contribution is -2.25. The van der Waals surface area contributed by atoms with Crippen LogP contribution in [0.25, 0.3) is 10.6 Å². The molecule has 1 fully saturated rings. The van der Waals surface area contributed by atoms with E-state index in [1.54, 1.807) is 28.4 Å². The number of carbonyl (C=O) groups is 1. The fraction of sp³-hybridized carbons (Fsp3) is 0.333. The summed E-state index contributed by atoms with van der Waals surface area (Å²) >= 11 is 1.59. The Balaban J connectivity index is 1.56. The first-order valence-electron chi connectivity index (χ1n) is 10.4. The summed E-state index contributed by atoms with van der Waals surface area (Å²) in [7, 11) is 0. The summed E-state index contributed by atoms with van der Waals surface area (Å²) < 4.78 is 6.14.